The molecule has 1 N–H and O–H groups in total. The Balaban J connectivity index is 1.39. The molecule has 1 saturated heterocycles. The van der Waals surface area contributed by atoms with Crippen molar-refractivity contribution in [2.75, 3.05) is 36.5 Å². The Labute approximate surface area is 175 Å². The normalized spacial score (nSPS) is 14.0. The Morgan fingerprint density at radius 1 is 1.13 bits per heavy atom. The fourth-order valence-corrected chi connectivity index (χ4v) is 3.52. The van der Waals surface area contributed by atoms with Crippen molar-refractivity contribution in [1.82, 2.24) is 15.4 Å². The van der Waals surface area contributed by atoms with Crippen molar-refractivity contribution in [2.45, 2.75) is 26.7 Å². The molecule has 0 spiro atoms. The van der Waals surface area contributed by atoms with Crippen molar-refractivity contribution in [3.8, 4) is 11.3 Å². The number of hydrogen-bond acceptors (Lipinski definition) is 7. The first kappa shape index (κ1) is 20.0. The first-order valence-electron chi connectivity index (χ1n) is 10.1. The number of aryl methyl sites for hydroxylation is 2. The summed E-state index contributed by atoms with van der Waals surface area (Å²) < 4.78 is 10.5. The molecule has 0 aliphatic carbocycles. The van der Waals surface area contributed by atoms with Gasteiger partial charge in [0.15, 0.2) is 5.82 Å². The van der Waals surface area contributed by atoms with Crippen LogP contribution in [0.5, 0.6) is 0 Å². The Hall–Kier alpha value is -3.26. The quantitative estimate of drug-likeness (QED) is 0.671. The van der Waals surface area contributed by atoms with Gasteiger partial charge in [0.25, 0.3) is 0 Å². The van der Waals surface area contributed by atoms with E-state index in [0.29, 0.717) is 26.1 Å². The van der Waals surface area contributed by atoms with E-state index < -0.39 is 0 Å². The molecular weight excluding hydrogens is 382 g/mol. The largest absolute Gasteiger partial charge is 0.378 e. The molecule has 8 nitrogen and oxygen atoms in total. The summed E-state index contributed by atoms with van der Waals surface area (Å²) in [7, 11) is 0. The molecule has 0 atom stereocenters. The number of nitrogens with zero attached hydrogens (tertiary/aromatic N) is 4. The van der Waals surface area contributed by atoms with E-state index in [1.807, 2.05) is 50.2 Å². The van der Waals surface area contributed by atoms with Crippen LogP contribution in [0.2, 0.25) is 0 Å². The van der Waals surface area contributed by atoms with E-state index in [4.69, 9.17) is 9.26 Å². The zero-order chi connectivity index (χ0) is 20.9. The topological polar surface area (TPSA) is 93.4 Å². The minimum atomic E-state index is -0.0547. The number of hydrogen-bond donors (Lipinski definition) is 1. The predicted molar refractivity (Wildman–Crippen MR) is 113 cm³/mol. The van der Waals surface area contributed by atoms with Crippen LogP contribution in [-0.2, 0) is 16.0 Å². The standard InChI is InChI=1S/C22H25N5O3/c1-15-19(16(2)30-26-15)6-9-22(28)23-18-5-3-4-17(14-18)20-7-8-21(25-24-20)27-10-12-29-13-11-27/h3-5,7-8,14H,6,9-13H2,1-2H3,(H,23,28). The van der Waals surface area contributed by atoms with Crippen molar-refractivity contribution < 1.29 is 14.1 Å². The molecule has 30 heavy (non-hydrogen) atoms. The van der Waals surface area contributed by atoms with Gasteiger partial charge in [0.2, 0.25) is 5.91 Å². The lowest BCUT2D eigenvalue weighted by Crippen LogP contribution is -2.36. The number of nitrogens with one attached hydrogen (secondary N) is 1. The Morgan fingerprint density at radius 3 is 2.67 bits per heavy atom. The van der Waals surface area contributed by atoms with Crippen molar-refractivity contribution in [2.24, 2.45) is 0 Å². The van der Waals surface area contributed by atoms with E-state index >= 15 is 0 Å². The second-order valence-electron chi connectivity index (χ2n) is 7.31. The third-order valence-corrected chi connectivity index (χ3v) is 5.21. The average Bonchev–Trinajstić information content (AvgIpc) is 3.10. The van der Waals surface area contributed by atoms with E-state index in [9.17, 15) is 4.79 Å². The average molecular weight is 407 g/mol. The molecule has 1 aliphatic heterocycles. The SMILES string of the molecule is Cc1noc(C)c1CCC(=O)Nc1cccc(-c2ccc(N3CCOCC3)nn2)c1. The lowest BCUT2D eigenvalue weighted by Gasteiger charge is -2.27. The number of carbonyl (C=O) groups excluding carboxylic acids is 1. The molecule has 156 valence electrons. The molecule has 1 aromatic carbocycles. The van der Waals surface area contributed by atoms with Gasteiger partial charge in [-0.15, -0.1) is 10.2 Å². The van der Waals surface area contributed by atoms with Crippen LogP contribution in [0.4, 0.5) is 11.5 Å². The summed E-state index contributed by atoms with van der Waals surface area (Å²) in [4.78, 5) is 14.6. The van der Waals surface area contributed by atoms with Gasteiger partial charge in [-0.1, -0.05) is 17.3 Å². The lowest BCUT2D eigenvalue weighted by molar-refractivity contribution is -0.116. The maximum atomic E-state index is 12.4. The Bertz CT molecular complexity index is 990. The number of rotatable bonds is 6. The van der Waals surface area contributed by atoms with Gasteiger partial charge >= 0.3 is 0 Å². The van der Waals surface area contributed by atoms with Gasteiger partial charge in [-0.2, -0.15) is 0 Å². The van der Waals surface area contributed by atoms with Crippen molar-refractivity contribution in [3.63, 3.8) is 0 Å². The summed E-state index contributed by atoms with van der Waals surface area (Å²) in [6.45, 7) is 6.82. The van der Waals surface area contributed by atoms with E-state index in [1.54, 1.807) is 0 Å². The number of carbonyl (C=O) groups is 1. The molecule has 8 heteroatoms. The molecule has 4 rings (SSSR count). The maximum Gasteiger partial charge on any atom is 0.224 e. The molecule has 0 bridgehead atoms. The highest BCUT2D eigenvalue weighted by atomic mass is 16.5. The minimum absolute atomic E-state index is 0.0547. The Morgan fingerprint density at radius 2 is 1.97 bits per heavy atom. The highest BCUT2D eigenvalue weighted by molar-refractivity contribution is 5.91. The number of anilines is 2. The van der Waals surface area contributed by atoms with Crippen LogP contribution in [-0.4, -0.2) is 47.6 Å². The number of amides is 1. The third-order valence-electron chi connectivity index (χ3n) is 5.21. The summed E-state index contributed by atoms with van der Waals surface area (Å²) >= 11 is 0. The van der Waals surface area contributed by atoms with Gasteiger partial charge in [-0.3, -0.25) is 4.79 Å². The second-order valence-corrected chi connectivity index (χ2v) is 7.31. The number of benzene rings is 1. The molecule has 0 radical (unpaired) electrons. The van der Waals surface area contributed by atoms with Crippen LogP contribution in [0.3, 0.4) is 0 Å². The molecule has 3 aromatic rings. The second kappa shape index (κ2) is 9.04. The molecular formula is C22H25N5O3. The number of morpholine rings is 1. The summed E-state index contributed by atoms with van der Waals surface area (Å²) in [5.41, 5.74) is 4.23. The molecule has 1 aliphatic rings. The highest BCUT2D eigenvalue weighted by Crippen LogP contribution is 2.23. The first-order valence-corrected chi connectivity index (χ1v) is 10.1. The van der Waals surface area contributed by atoms with Gasteiger partial charge in [-0.05, 0) is 44.5 Å². The zero-order valence-corrected chi connectivity index (χ0v) is 17.2. The maximum absolute atomic E-state index is 12.4. The van der Waals surface area contributed by atoms with Gasteiger partial charge in [0.1, 0.15) is 5.76 Å². The molecule has 1 amide bonds. The van der Waals surface area contributed by atoms with Crippen LogP contribution in [0.25, 0.3) is 11.3 Å². The molecule has 2 aromatic heterocycles. The minimum Gasteiger partial charge on any atom is -0.378 e. The van der Waals surface area contributed by atoms with E-state index in [1.165, 1.54) is 0 Å². The smallest absolute Gasteiger partial charge is 0.224 e. The zero-order valence-electron chi connectivity index (χ0n) is 17.2. The third kappa shape index (κ3) is 4.65. The molecule has 0 unspecified atom stereocenters. The van der Waals surface area contributed by atoms with Gasteiger partial charge in [0, 0.05) is 36.3 Å². The molecule has 0 saturated carbocycles. The number of ether oxygens (including phenoxy) is 1. The van der Waals surface area contributed by atoms with Crippen LogP contribution in [0.15, 0.2) is 40.9 Å². The summed E-state index contributed by atoms with van der Waals surface area (Å²) in [5.74, 6) is 1.56. The van der Waals surface area contributed by atoms with E-state index in [2.05, 4.69) is 25.6 Å². The highest BCUT2D eigenvalue weighted by Gasteiger charge is 2.14. The van der Waals surface area contributed by atoms with Gasteiger partial charge in [-0.25, -0.2) is 0 Å². The fourth-order valence-electron chi connectivity index (χ4n) is 3.52. The van der Waals surface area contributed by atoms with Gasteiger partial charge < -0.3 is 19.5 Å². The van der Waals surface area contributed by atoms with E-state index in [-0.39, 0.29) is 5.91 Å². The van der Waals surface area contributed by atoms with Crippen LogP contribution < -0.4 is 10.2 Å². The van der Waals surface area contributed by atoms with Crippen LogP contribution in [0, 0.1) is 13.8 Å². The predicted octanol–water partition coefficient (Wildman–Crippen LogP) is 3.16. The van der Waals surface area contributed by atoms with Crippen LogP contribution in [0.1, 0.15) is 23.4 Å². The fraction of sp³-hybridized carbons (Fsp3) is 0.364. The van der Waals surface area contributed by atoms with Crippen molar-refractivity contribution in [1.29, 1.82) is 0 Å². The first-order chi connectivity index (χ1) is 14.6. The van der Waals surface area contributed by atoms with Gasteiger partial charge in [0.05, 0.1) is 24.6 Å². The number of aromatic nitrogens is 3. The molecule has 1 fully saturated rings. The monoisotopic (exact) mass is 407 g/mol. The molecule has 3 heterocycles. The van der Waals surface area contributed by atoms with Crippen molar-refractivity contribution >= 4 is 17.4 Å². The van der Waals surface area contributed by atoms with E-state index in [0.717, 1.165) is 52.9 Å². The summed E-state index contributed by atoms with van der Waals surface area (Å²) in [6, 6.07) is 11.6. The summed E-state index contributed by atoms with van der Waals surface area (Å²) in [6.07, 6.45) is 0.961. The van der Waals surface area contributed by atoms with Crippen LogP contribution >= 0.6 is 0 Å². The lowest BCUT2D eigenvalue weighted by atomic mass is 10.1. The summed E-state index contributed by atoms with van der Waals surface area (Å²) in [5, 5.41) is 15.6. The van der Waals surface area contributed by atoms with Crippen molar-refractivity contribution in [3.05, 3.63) is 53.4 Å². The Kier molecular flexibility index (Phi) is 6.04.